The summed E-state index contributed by atoms with van der Waals surface area (Å²) >= 11 is -1.26. The minimum Gasteiger partial charge on any atom is -0.591 e. The minimum absolute atomic E-state index is 0.0665. The molecule has 0 aromatic heterocycles. The van der Waals surface area contributed by atoms with E-state index in [1.165, 1.54) is 0 Å². The van der Waals surface area contributed by atoms with Crippen molar-refractivity contribution in [3.8, 4) is 0 Å². The second kappa shape index (κ2) is 5.32. The predicted molar refractivity (Wildman–Crippen MR) is 77.8 cm³/mol. The van der Waals surface area contributed by atoms with Crippen molar-refractivity contribution >= 4 is 23.2 Å². The van der Waals surface area contributed by atoms with Gasteiger partial charge in [-0.05, 0) is 39.5 Å². The first-order valence-electron chi connectivity index (χ1n) is 6.43. The summed E-state index contributed by atoms with van der Waals surface area (Å²) in [5.74, 6) is 0.177. The zero-order valence-electron chi connectivity index (χ0n) is 12.5. The van der Waals surface area contributed by atoms with Gasteiger partial charge < -0.3 is 15.0 Å². The molecule has 1 amide bonds. The van der Waals surface area contributed by atoms with Crippen molar-refractivity contribution in [2.24, 2.45) is 15.7 Å². The summed E-state index contributed by atoms with van der Waals surface area (Å²) in [6.45, 7) is 11.6. The molecule has 0 aliphatic heterocycles. The number of rotatable bonds is 3. The Bertz CT molecular complexity index is 388. The maximum Gasteiger partial charge on any atom is 0.404 e. The maximum atomic E-state index is 12.0. The Morgan fingerprint density at radius 2 is 2.00 bits per heavy atom. The van der Waals surface area contributed by atoms with Crippen LogP contribution in [-0.4, -0.2) is 32.3 Å². The zero-order valence-corrected chi connectivity index (χ0v) is 13.3. The van der Waals surface area contributed by atoms with E-state index < -0.39 is 17.5 Å². The van der Waals surface area contributed by atoms with Crippen LogP contribution in [0, 0.1) is 11.3 Å². The van der Waals surface area contributed by atoms with Crippen LogP contribution in [0.4, 0.5) is 4.79 Å². The Balaban J connectivity index is 2.74. The highest BCUT2D eigenvalue weighted by atomic mass is 32.2. The number of nitrogens with one attached hydrogen (secondary N) is 1. The van der Waals surface area contributed by atoms with E-state index >= 15 is 0 Å². The number of carboxylic acid groups (broad SMARTS) is 1. The highest BCUT2D eigenvalue weighted by Gasteiger charge is 2.50. The molecule has 6 heteroatoms. The van der Waals surface area contributed by atoms with E-state index in [1.54, 1.807) is 0 Å². The predicted octanol–water partition coefficient (Wildman–Crippen LogP) is 2.59. The molecule has 0 bridgehead atoms. The van der Waals surface area contributed by atoms with E-state index in [0.29, 0.717) is 0 Å². The molecule has 0 spiro atoms. The molecule has 1 aliphatic rings. The van der Waals surface area contributed by atoms with Crippen LogP contribution >= 0.6 is 0 Å². The molecule has 1 saturated carbocycles. The van der Waals surface area contributed by atoms with Gasteiger partial charge in [-0.25, -0.2) is 4.79 Å². The molecule has 0 heterocycles. The fourth-order valence-electron chi connectivity index (χ4n) is 2.36. The maximum absolute atomic E-state index is 12.0. The molecule has 0 saturated heterocycles. The van der Waals surface area contributed by atoms with Crippen LogP contribution in [0.5, 0.6) is 0 Å². The van der Waals surface area contributed by atoms with Crippen molar-refractivity contribution in [2.45, 2.75) is 58.8 Å². The molecule has 1 fully saturated rings. The van der Waals surface area contributed by atoms with Crippen molar-refractivity contribution in [3.63, 3.8) is 0 Å². The van der Waals surface area contributed by atoms with Crippen molar-refractivity contribution in [1.82, 2.24) is 5.32 Å². The molecule has 3 atom stereocenters. The van der Waals surface area contributed by atoms with Crippen LogP contribution in [0.15, 0.2) is 4.40 Å². The molecular weight excluding hydrogens is 264 g/mol. The van der Waals surface area contributed by atoms with Gasteiger partial charge in [0.15, 0.2) is 0 Å². The van der Waals surface area contributed by atoms with Crippen molar-refractivity contribution in [1.29, 1.82) is 0 Å². The van der Waals surface area contributed by atoms with Gasteiger partial charge in [0, 0.05) is 12.0 Å². The highest BCUT2D eigenvalue weighted by molar-refractivity contribution is 7.91. The van der Waals surface area contributed by atoms with Crippen LogP contribution in [0.2, 0.25) is 0 Å². The quantitative estimate of drug-likeness (QED) is 0.618. The SMILES string of the molecule is C/C(=N\[S@@+]([O-])C(C)(C)C)[C@H]1C[C@@H](NC(=O)O)C1(C)C. The summed E-state index contributed by atoms with van der Waals surface area (Å²) in [6, 6.07) is -0.0665. The number of carbonyl (C=O) groups is 1. The highest BCUT2D eigenvalue weighted by Crippen LogP contribution is 2.47. The molecule has 5 nitrogen and oxygen atoms in total. The summed E-state index contributed by atoms with van der Waals surface area (Å²) in [7, 11) is 0. The average Bonchev–Trinajstić information content (AvgIpc) is 2.21. The third kappa shape index (κ3) is 3.63. The van der Waals surface area contributed by atoms with Gasteiger partial charge in [0.05, 0.1) is 5.71 Å². The Morgan fingerprint density at radius 3 is 2.37 bits per heavy atom. The first-order valence-corrected chi connectivity index (χ1v) is 7.53. The first kappa shape index (κ1) is 16.3. The van der Waals surface area contributed by atoms with E-state index in [2.05, 4.69) is 9.71 Å². The topological polar surface area (TPSA) is 84.8 Å². The van der Waals surface area contributed by atoms with Crippen molar-refractivity contribution in [3.05, 3.63) is 0 Å². The number of amides is 1. The number of hydrogen-bond acceptors (Lipinski definition) is 3. The lowest BCUT2D eigenvalue weighted by atomic mass is 9.57. The fraction of sp³-hybridized carbons (Fsp3) is 0.846. The molecule has 0 radical (unpaired) electrons. The Morgan fingerprint density at radius 1 is 1.47 bits per heavy atom. The average molecular weight is 288 g/mol. The summed E-state index contributed by atoms with van der Waals surface area (Å²) < 4.78 is 15.9. The van der Waals surface area contributed by atoms with Crippen molar-refractivity contribution < 1.29 is 14.5 Å². The Kier molecular flexibility index (Phi) is 4.57. The molecule has 2 N–H and O–H groups in total. The smallest absolute Gasteiger partial charge is 0.404 e. The van der Waals surface area contributed by atoms with Crippen LogP contribution in [-0.2, 0) is 11.4 Å². The Labute approximate surface area is 118 Å². The van der Waals surface area contributed by atoms with Gasteiger partial charge in [-0.2, -0.15) is 0 Å². The first-order chi connectivity index (χ1) is 8.46. The molecule has 1 aliphatic carbocycles. The van der Waals surface area contributed by atoms with Gasteiger partial charge in [-0.1, -0.05) is 18.2 Å². The Hall–Kier alpha value is -0.750. The van der Waals surface area contributed by atoms with E-state index in [1.807, 2.05) is 41.5 Å². The van der Waals surface area contributed by atoms with Gasteiger partial charge in [0.2, 0.25) is 0 Å². The molecule has 1 rings (SSSR count). The number of nitrogens with zero attached hydrogens (tertiary/aromatic N) is 1. The van der Waals surface area contributed by atoms with E-state index in [4.69, 9.17) is 5.11 Å². The third-order valence-corrected chi connectivity index (χ3v) is 5.32. The van der Waals surface area contributed by atoms with Crippen LogP contribution < -0.4 is 5.32 Å². The minimum atomic E-state index is -1.26. The van der Waals surface area contributed by atoms with Crippen LogP contribution in [0.1, 0.15) is 48.0 Å². The molecule has 0 aromatic rings. The van der Waals surface area contributed by atoms with E-state index in [0.717, 1.165) is 12.1 Å². The molecular formula is C13H24N2O3S. The van der Waals surface area contributed by atoms with Crippen LogP contribution in [0.3, 0.4) is 0 Å². The monoisotopic (exact) mass is 288 g/mol. The summed E-state index contributed by atoms with van der Waals surface area (Å²) in [5, 5.41) is 11.3. The summed E-state index contributed by atoms with van der Waals surface area (Å²) in [4.78, 5) is 10.7. The summed E-state index contributed by atoms with van der Waals surface area (Å²) in [6.07, 6.45) is -0.278. The van der Waals surface area contributed by atoms with Gasteiger partial charge in [0.25, 0.3) is 0 Å². The second-order valence-electron chi connectivity index (χ2n) is 6.71. The lowest BCUT2D eigenvalue weighted by Crippen LogP contribution is -2.60. The van der Waals surface area contributed by atoms with Gasteiger partial charge >= 0.3 is 6.09 Å². The second-order valence-corrected chi connectivity index (χ2v) is 8.61. The van der Waals surface area contributed by atoms with E-state index in [-0.39, 0.29) is 22.1 Å². The lowest BCUT2D eigenvalue weighted by Gasteiger charge is -2.51. The van der Waals surface area contributed by atoms with Crippen molar-refractivity contribution in [2.75, 3.05) is 0 Å². The molecule has 0 aromatic carbocycles. The lowest BCUT2D eigenvalue weighted by molar-refractivity contribution is 0.0597. The van der Waals surface area contributed by atoms with Gasteiger partial charge in [-0.3, -0.25) is 0 Å². The fourth-order valence-corrected chi connectivity index (χ4v) is 3.02. The largest absolute Gasteiger partial charge is 0.591 e. The zero-order chi connectivity index (χ0) is 15.0. The third-order valence-electron chi connectivity index (χ3n) is 3.82. The standard InChI is InChI=1S/C13H24N2O3S/c1-8(15-19(18)12(2,3)4)9-7-10(13(9,5)6)14-11(16)17/h9-10,14H,7H2,1-6H3,(H,16,17)/b15-8+/t9-,10-,19+/m1/s1. The summed E-state index contributed by atoms with van der Waals surface area (Å²) in [5.41, 5.74) is 0.662. The normalized spacial score (nSPS) is 28.5. The molecule has 110 valence electrons. The van der Waals surface area contributed by atoms with Gasteiger partial charge in [0.1, 0.15) is 16.1 Å². The van der Waals surface area contributed by atoms with E-state index in [9.17, 15) is 9.35 Å². The van der Waals surface area contributed by atoms with Crippen LogP contribution in [0.25, 0.3) is 0 Å². The number of hydrogen-bond donors (Lipinski definition) is 2. The van der Waals surface area contributed by atoms with Gasteiger partial charge in [-0.15, -0.1) is 0 Å². The molecule has 0 unspecified atom stereocenters. The molecule has 19 heavy (non-hydrogen) atoms.